The van der Waals surface area contributed by atoms with E-state index in [-0.39, 0.29) is 5.97 Å². The molecule has 1 rings (SSSR count). The van der Waals surface area contributed by atoms with Crippen molar-refractivity contribution in [2.24, 2.45) is 17.4 Å². The SMILES string of the molecule is CC(C)C[C@@H](C)N.COC(=O)[C@@H](N)Cc1ccccc1. The summed E-state index contributed by atoms with van der Waals surface area (Å²) in [6.07, 6.45) is 1.66. The van der Waals surface area contributed by atoms with Crippen molar-refractivity contribution in [3.63, 3.8) is 0 Å². The van der Waals surface area contributed by atoms with Gasteiger partial charge in [-0.25, -0.2) is 0 Å². The van der Waals surface area contributed by atoms with Crippen molar-refractivity contribution in [1.82, 2.24) is 0 Å². The van der Waals surface area contributed by atoms with Gasteiger partial charge in [0.15, 0.2) is 0 Å². The Morgan fingerprint density at radius 1 is 1.15 bits per heavy atom. The molecule has 0 heterocycles. The van der Waals surface area contributed by atoms with Gasteiger partial charge in [0, 0.05) is 6.04 Å². The Labute approximate surface area is 122 Å². The summed E-state index contributed by atoms with van der Waals surface area (Å²) in [4.78, 5) is 11.0. The van der Waals surface area contributed by atoms with Crippen LogP contribution in [0.4, 0.5) is 0 Å². The first kappa shape index (κ1) is 18.6. The van der Waals surface area contributed by atoms with Gasteiger partial charge in [0.25, 0.3) is 0 Å². The van der Waals surface area contributed by atoms with Gasteiger partial charge in [-0.1, -0.05) is 44.2 Å². The van der Waals surface area contributed by atoms with Gasteiger partial charge in [-0.05, 0) is 31.2 Å². The maximum absolute atomic E-state index is 11.0. The molecular formula is C16H28N2O2. The third-order valence-corrected chi connectivity index (χ3v) is 2.65. The number of methoxy groups -OCH3 is 1. The predicted octanol–water partition coefficient (Wildman–Crippen LogP) is 2.11. The smallest absolute Gasteiger partial charge is 0.322 e. The van der Waals surface area contributed by atoms with Gasteiger partial charge in [-0.3, -0.25) is 4.79 Å². The molecule has 0 aromatic heterocycles. The van der Waals surface area contributed by atoms with E-state index in [1.165, 1.54) is 7.11 Å². The topological polar surface area (TPSA) is 78.3 Å². The van der Waals surface area contributed by atoms with E-state index in [2.05, 4.69) is 18.6 Å². The number of ether oxygens (including phenoxy) is 1. The van der Waals surface area contributed by atoms with Crippen molar-refractivity contribution in [1.29, 1.82) is 0 Å². The lowest BCUT2D eigenvalue weighted by Crippen LogP contribution is -2.33. The van der Waals surface area contributed by atoms with Gasteiger partial charge in [0.1, 0.15) is 6.04 Å². The van der Waals surface area contributed by atoms with Crippen molar-refractivity contribution in [2.75, 3.05) is 7.11 Å². The average molecular weight is 280 g/mol. The van der Waals surface area contributed by atoms with Crippen molar-refractivity contribution in [3.05, 3.63) is 35.9 Å². The minimum absolute atomic E-state index is 0.371. The summed E-state index contributed by atoms with van der Waals surface area (Å²) in [6.45, 7) is 6.41. The predicted molar refractivity (Wildman–Crippen MR) is 83.2 cm³/mol. The fraction of sp³-hybridized carbons (Fsp3) is 0.562. The number of hydrogen-bond acceptors (Lipinski definition) is 4. The molecule has 0 unspecified atom stereocenters. The highest BCUT2D eigenvalue weighted by Gasteiger charge is 2.13. The lowest BCUT2D eigenvalue weighted by molar-refractivity contribution is -0.142. The van der Waals surface area contributed by atoms with Gasteiger partial charge < -0.3 is 16.2 Å². The summed E-state index contributed by atoms with van der Waals surface area (Å²) in [5.74, 6) is 0.379. The molecule has 0 saturated heterocycles. The average Bonchev–Trinajstić information content (AvgIpc) is 2.38. The zero-order valence-corrected chi connectivity index (χ0v) is 13.0. The third-order valence-electron chi connectivity index (χ3n) is 2.65. The molecule has 0 saturated carbocycles. The normalized spacial score (nSPS) is 13.2. The molecule has 4 N–H and O–H groups in total. The van der Waals surface area contributed by atoms with Crippen LogP contribution in [0.25, 0.3) is 0 Å². The molecule has 0 fully saturated rings. The summed E-state index contributed by atoms with van der Waals surface area (Å²) in [5, 5.41) is 0. The van der Waals surface area contributed by atoms with E-state index in [0.717, 1.165) is 17.9 Å². The molecule has 1 aromatic carbocycles. The zero-order chi connectivity index (χ0) is 15.5. The van der Waals surface area contributed by atoms with E-state index in [1.807, 2.05) is 37.3 Å². The van der Waals surface area contributed by atoms with E-state index >= 15 is 0 Å². The Hall–Kier alpha value is -1.39. The molecular weight excluding hydrogens is 252 g/mol. The Morgan fingerprint density at radius 2 is 1.70 bits per heavy atom. The van der Waals surface area contributed by atoms with Crippen LogP contribution < -0.4 is 11.5 Å². The lowest BCUT2D eigenvalue weighted by atomic mass is 10.1. The Balaban J connectivity index is 0.000000441. The van der Waals surface area contributed by atoms with Gasteiger partial charge in [-0.15, -0.1) is 0 Å². The van der Waals surface area contributed by atoms with Crippen molar-refractivity contribution < 1.29 is 9.53 Å². The minimum Gasteiger partial charge on any atom is -0.468 e. The van der Waals surface area contributed by atoms with E-state index in [0.29, 0.717) is 12.5 Å². The van der Waals surface area contributed by atoms with E-state index in [1.54, 1.807) is 0 Å². The fourth-order valence-electron chi connectivity index (χ4n) is 1.85. The lowest BCUT2D eigenvalue weighted by Gasteiger charge is -2.08. The van der Waals surface area contributed by atoms with Crippen LogP contribution in [-0.4, -0.2) is 25.2 Å². The van der Waals surface area contributed by atoms with Crippen LogP contribution in [0, 0.1) is 5.92 Å². The Morgan fingerprint density at radius 3 is 2.05 bits per heavy atom. The molecule has 2 atom stereocenters. The van der Waals surface area contributed by atoms with Crippen molar-refractivity contribution in [2.45, 2.75) is 45.7 Å². The molecule has 4 nitrogen and oxygen atoms in total. The number of rotatable bonds is 5. The monoisotopic (exact) mass is 280 g/mol. The van der Waals surface area contributed by atoms with Gasteiger partial charge in [0.05, 0.1) is 7.11 Å². The number of carbonyl (C=O) groups is 1. The molecule has 0 amide bonds. The van der Waals surface area contributed by atoms with Crippen LogP contribution in [0.1, 0.15) is 32.8 Å². The number of carbonyl (C=O) groups excluding carboxylic acids is 1. The van der Waals surface area contributed by atoms with Crippen LogP contribution >= 0.6 is 0 Å². The van der Waals surface area contributed by atoms with Crippen LogP contribution in [-0.2, 0) is 16.0 Å². The van der Waals surface area contributed by atoms with E-state index in [9.17, 15) is 4.79 Å². The second-order valence-electron chi connectivity index (χ2n) is 5.43. The maximum atomic E-state index is 11.0. The Bertz CT molecular complexity index is 358. The van der Waals surface area contributed by atoms with E-state index in [4.69, 9.17) is 11.5 Å². The number of esters is 1. The first-order chi connectivity index (χ1) is 9.36. The number of benzene rings is 1. The van der Waals surface area contributed by atoms with Gasteiger partial charge in [-0.2, -0.15) is 0 Å². The molecule has 1 aromatic rings. The summed E-state index contributed by atoms with van der Waals surface area (Å²) < 4.78 is 4.52. The molecule has 0 bridgehead atoms. The first-order valence-corrected chi connectivity index (χ1v) is 6.99. The summed E-state index contributed by atoms with van der Waals surface area (Å²) >= 11 is 0. The molecule has 20 heavy (non-hydrogen) atoms. The largest absolute Gasteiger partial charge is 0.468 e. The second kappa shape index (κ2) is 10.4. The third kappa shape index (κ3) is 9.53. The molecule has 0 radical (unpaired) electrons. The highest BCUT2D eigenvalue weighted by Crippen LogP contribution is 2.02. The Kier molecular flexibility index (Phi) is 9.68. The molecule has 0 aliphatic rings. The van der Waals surface area contributed by atoms with Crippen molar-refractivity contribution in [3.8, 4) is 0 Å². The zero-order valence-electron chi connectivity index (χ0n) is 13.0. The molecule has 114 valence electrons. The minimum atomic E-state index is -0.563. The fourth-order valence-corrected chi connectivity index (χ4v) is 1.85. The molecule has 4 heteroatoms. The van der Waals surface area contributed by atoms with E-state index < -0.39 is 6.04 Å². The van der Waals surface area contributed by atoms with Crippen LogP contribution in [0.3, 0.4) is 0 Å². The number of nitrogens with two attached hydrogens (primary N) is 2. The quantitative estimate of drug-likeness (QED) is 0.810. The molecule has 0 spiro atoms. The second-order valence-corrected chi connectivity index (χ2v) is 5.43. The van der Waals surface area contributed by atoms with Crippen molar-refractivity contribution >= 4 is 5.97 Å². The first-order valence-electron chi connectivity index (χ1n) is 6.99. The van der Waals surface area contributed by atoms with Crippen LogP contribution in [0.5, 0.6) is 0 Å². The van der Waals surface area contributed by atoms with Gasteiger partial charge >= 0.3 is 5.97 Å². The highest BCUT2D eigenvalue weighted by atomic mass is 16.5. The maximum Gasteiger partial charge on any atom is 0.322 e. The summed E-state index contributed by atoms with van der Waals surface area (Å²) in [7, 11) is 1.34. The summed E-state index contributed by atoms with van der Waals surface area (Å²) in [5.41, 5.74) is 12.1. The summed E-state index contributed by atoms with van der Waals surface area (Å²) in [6, 6.07) is 9.43. The number of hydrogen-bond donors (Lipinski definition) is 2. The van der Waals surface area contributed by atoms with Crippen LogP contribution in [0.2, 0.25) is 0 Å². The standard InChI is InChI=1S/C10H13NO2.C6H15N/c1-13-10(12)9(11)7-8-5-3-2-4-6-8;1-5(2)4-6(3)7/h2-6,9H,7,11H2,1H3;5-6H,4,7H2,1-3H3/t9-;6-/m01/s1. The highest BCUT2D eigenvalue weighted by molar-refractivity contribution is 5.75. The molecule has 0 aliphatic heterocycles. The molecule has 0 aliphatic carbocycles. The van der Waals surface area contributed by atoms with Gasteiger partial charge in [0.2, 0.25) is 0 Å². The van der Waals surface area contributed by atoms with Crippen LogP contribution in [0.15, 0.2) is 30.3 Å².